The summed E-state index contributed by atoms with van der Waals surface area (Å²) in [6.45, 7) is 8.56. The van der Waals surface area contributed by atoms with E-state index >= 15 is 0 Å². The monoisotopic (exact) mass is 533 g/mol. The normalized spacial score (nSPS) is 23.1. The summed E-state index contributed by atoms with van der Waals surface area (Å²) in [6.07, 6.45) is 3.30. The average molecular weight is 534 g/mol. The van der Waals surface area contributed by atoms with Gasteiger partial charge in [-0.3, -0.25) is 9.59 Å². The van der Waals surface area contributed by atoms with Crippen LogP contribution >= 0.6 is 11.8 Å². The molecular weight excluding hydrogens is 490 g/mol. The maximum Gasteiger partial charge on any atom is 0.318 e. The van der Waals surface area contributed by atoms with E-state index in [1.807, 2.05) is 23.6 Å². The largest absolute Gasteiger partial charge is 0.481 e. The van der Waals surface area contributed by atoms with E-state index in [0.717, 1.165) is 31.6 Å². The Kier molecular flexibility index (Phi) is 14.5. The molecule has 2 aliphatic heterocycles. The number of amides is 3. The molecule has 3 amide bonds. The van der Waals surface area contributed by atoms with Crippen LogP contribution < -0.4 is 10.6 Å². The molecule has 2 fully saturated rings. The molecule has 3 atom stereocenters. The summed E-state index contributed by atoms with van der Waals surface area (Å²) in [4.78, 5) is 36.6. The molecule has 2 rings (SSSR count). The van der Waals surface area contributed by atoms with Gasteiger partial charge < -0.3 is 39.6 Å². The second kappa shape index (κ2) is 17.0. The van der Waals surface area contributed by atoms with E-state index < -0.39 is 5.97 Å². The van der Waals surface area contributed by atoms with Crippen LogP contribution in [0, 0.1) is 0 Å². The predicted octanol–water partition coefficient (Wildman–Crippen LogP) is 1.49. The molecule has 3 N–H and O–H groups in total. The first-order valence-electron chi connectivity index (χ1n) is 12.9. The Morgan fingerprint density at radius 3 is 2.25 bits per heavy atom. The molecule has 0 aromatic rings. The summed E-state index contributed by atoms with van der Waals surface area (Å²) >= 11 is 1.93. The highest BCUT2D eigenvalue weighted by atomic mass is 32.2. The van der Waals surface area contributed by atoms with Crippen LogP contribution in [-0.2, 0) is 28.5 Å². The van der Waals surface area contributed by atoms with Crippen LogP contribution in [0.5, 0.6) is 0 Å². The third-order valence-corrected chi connectivity index (χ3v) is 8.17. The quantitative estimate of drug-likeness (QED) is 0.148. The van der Waals surface area contributed by atoms with Gasteiger partial charge in [0.05, 0.1) is 70.9 Å². The number of ether oxygens (including phenoxy) is 4. The van der Waals surface area contributed by atoms with Crippen molar-refractivity contribution in [1.29, 1.82) is 0 Å². The summed E-state index contributed by atoms with van der Waals surface area (Å²) in [7, 11) is 0. The van der Waals surface area contributed by atoms with Crippen molar-refractivity contribution in [2.75, 3.05) is 71.7 Å². The Morgan fingerprint density at radius 2 is 1.64 bits per heavy atom. The number of carbonyl (C=O) groups is 3. The molecule has 0 spiro atoms. The number of unbranched alkanes of at least 4 members (excludes halogenated alkanes) is 1. The fourth-order valence-corrected chi connectivity index (χ4v) is 6.32. The van der Waals surface area contributed by atoms with E-state index in [0.29, 0.717) is 64.5 Å². The van der Waals surface area contributed by atoms with Crippen LogP contribution in [0.1, 0.15) is 46.0 Å². The maximum absolute atomic E-state index is 12.2. The SMILES string of the molecule is CCN1C(=O)N[C@H]2CS[C@@H](CCCCC(=O)NCCOCCOCCOCCOCCC(=O)O)[C@]21C. The van der Waals surface area contributed by atoms with Crippen molar-refractivity contribution in [3.63, 3.8) is 0 Å². The summed E-state index contributed by atoms with van der Waals surface area (Å²) in [5.41, 5.74) is -0.133. The first-order chi connectivity index (χ1) is 17.4. The second-order valence-corrected chi connectivity index (χ2v) is 10.2. The lowest BCUT2D eigenvalue weighted by Gasteiger charge is -2.37. The molecule has 0 aliphatic carbocycles. The van der Waals surface area contributed by atoms with Crippen LogP contribution in [0.25, 0.3) is 0 Å². The van der Waals surface area contributed by atoms with Crippen molar-refractivity contribution in [1.82, 2.24) is 15.5 Å². The van der Waals surface area contributed by atoms with E-state index in [9.17, 15) is 14.4 Å². The fraction of sp³-hybridized carbons (Fsp3) is 0.875. The Morgan fingerprint density at radius 1 is 1.03 bits per heavy atom. The molecule has 36 heavy (non-hydrogen) atoms. The Labute approximate surface area is 218 Å². The van der Waals surface area contributed by atoms with E-state index in [1.165, 1.54) is 0 Å². The van der Waals surface area contributed by atoms with Gasteiger partial charge in [0.15, 0.2) is 0 Å². The van der Waals surface area contributed by atoms with E-state index in [-0.39, 0.29) is 36.5 Å². The highest BCUT2D eigenvalue weighted by molar-refractivity contribution is 8.00. The summed E-state index contributed by atoms with van der Waals surface area (Å²) in [6, 6.07) is 0.261. The lowest BCUT2D eigenvalue weighted by atomic mass is 9.87. The van der Waals surface area contributed by atoms with Gasteiger partial charge in [0.25, 0.3) is 0 Å². The van der Waals surface area contributed by atoms with E-state index in [4.69, 9.17) is 24.1 Å². The standard InChI is InChI=1S/C24H43N3O8S/c1-3-27-23(31)26-19-18-36-20(24(19,27)2)6-4-5-7-21(28)25-9-11-33-13-15-35-17-16-34-14-12-32-10-8-22(29)30/h19-20H,3-18H2,1-2H3,(H,25,28)(H,26,31)(H,29,30)/t19-,20-,24-/m0/s1. The maximum atomic E-state index is 12.2. The molecular formula is C24H43N3O8S. The molecule has 0 saturated carbocycles. The zero-order valence-corrected chi connectivity index (χ0v) is 22.4. The number of carboxylic acids is 1. The van der Waals surface area contributed by atoms with Crippen molar-refractivity contribution in [2.24, 2.45) is 0 Å². The highest BCUT2D eigenvalue weighted by Gasteiger charge is 2.57. The molecule has 208 valence electrons. The van der Waals surface area contributed by atoms with Crippen molar-refractivity contribution in [3.8, 4) is 0 Å². The number of hydrogen-bond acceptors (Lipinski definition) is 8. The van der Waals surface area contributed by atoms with Gasteiger partial charge in [0.2, 0.25) is 5.91 Å². The number of rotatable bonds is 21. The lowest BCUT2D eigenvalue weighted by molar-refractivity contribution is -0.138. The molecule has 12 heteroatoms. The predicted molar refractivity (Wildman–Crippen MR) is 136 cm³/mol. The number of carbonyl (C=O) groups excluding carboxylic acids is 2. The van der Waals surface area contributed by atoms with E-state index in [1.54, 1.807) is 0 Å². The molecule has 11 nitrogen and oxygen atoms in total. The first-order valence-corrected chi connectivity index (χ1v) is 13.9. The van der Waals surface area contributed by atoms with Gasteiger partial charge in [-0.25, -0.2) is 4.79 Å². The number of fused-ring (bicyclic) bond motifs is 1. The number of carboxylic acid groups (broad SMARTS) is 1. The van der Waals surface area contributed by atoms with Gasteiger partial charge in [0.1, 0.15) is 0 Å². The molecule has 2 aliphatic rings. The fourth-order valence-electron chi connectivity index (χ4n) is 4.52. The van der Waals surface area contributed by atoms with Gasteiger partial charge in [0, 0.05) is 30.5 Å². The van der Waals surface area contributed by atoms with Crippen LogP contribution in [0.2, 0.25) is 0 Å². The van der Waals surface area contributed by atoms with E-state index in [2.05, 4.69) is 17.6 Å². The number of aliphatic carboxylic acids is 1. The summed E-state index contributed by atoms with van der Waals surface area (Å²) in [5.74, 6) is 0.114. The molecule has 0 radical (unpaired) electrons. The third-order valence-electron chi connectivity index (χ3n) is 6.53. The smallest absolute Gasteiger partial charge is 0.318 e. The molecule has 0 unspecified atom stereocenters. The molecule has 0 bridgehead atoms. The third kappa shape index (κ3) is 10.0. The number of hydrogen-bond donors (Lipinski definition) is 3. The first kappa shape index (κ1) is 30.6. The van der Waals surface area contributed by atoms with Crippen molar-refractivity contribution >= 4 is 29.7 Å². The number of urea groups is 1. The number of nitrogens with one attached hydrogen (secondary N) is 2. The van der Waals surface area contributed by atoms with Crippen LogP contribution in [-0.4, -0.2) is 116 Å². The topological polar surface area (TPSA) is 136 Å². The minimum absolute atomic E-state index is 0.00626. The van der Waals surface area contributed by atoms with Gasteiger partial charge in [-0.2, -0.15) is 11.8 Å². The molecule has 0 aromatic heterocycles. The summed E-state index contributed by atoms with van der Waals surface area (Å²) in [5, 5.41) is 14.9. The number of likely N-dealkylation sites (N-methyl/N-ethyl adjacent to an activating group) is 1. The Bertz CT molecular complexity index is 686. The van der Waals surface area contributed by atoms with Gasteiger partial charge in [-0.05, 0) is 26.7 Å². The minimum Gasteiger partial charge on any atom is -0.481 e. The van der Waals surface area contributed by atoms with Crippen LogP contribution in [0.3, 0.4) is 0 Å². The molecule has 2 saturated heterocycles. The summed E-state index contributed by atoms with van der Waals surface area (Å²) < 4.78 is 21.3. The molecule has 2 heterocycles. The van der Waals surface area contributed by atoms with Crippen molar-refractivity contribution < 1.29 is 38.4 Å². The molecule has 0 aromatic carbocycles. The average Bonchev–Trinajstić information content (AvgIpc) is 3.28. The zero-order chi connectivity index (χ0) is 26.2. The minimum atomic E-state index is -0.877. The second-order valence-electron chi connectivity index (χ2n) is 8.98. The Hall–Kier alpha value is -1.60. The number of thioether (sulfide) groups is 1. The van der Waals surface area contributed by atoms with Gasteiger partial charge >= 0.3 is 12.0 Å². The van der Waals surface area contributed by atoms with Crippen LogP contribution in [0.15, 0.2) is 0 Å². The lowest BCUT2D eigenvalue weighted by Crippen LogP contribution is -2.53. The highest BCUT2D eigenvalue weighted by Crippen LogP contribution is 2.45. The van der Waals surface area contributed by atoms with Gasteiger partial charge in [-0.15, -0.1) is 0 Å². The zero-order valence-electron chi connectivity index (χ0n) is 21.6. The van der Waals surface area contributed by atoms with Gasteiger partial charge in [-0.1, -0.05) is 6.42 Å². The van der Waals surface area contributed by atoms with Crippen molar-refractivity contribution in [2.45, 2.75) is 62.8 Å². The number of nitrogens with zero attached hydrogens (tertiary/aromatic N) is 1. The van der Waals surface area contributed by atoms with Crippen molar-refractivity contribution in [3.05, 3.63) is 0 Å². The van der Waals surface area contributed by atoms with Crippen LogP contribution in [0.4, 0.5) is 4.79 Å². The Balaban J connectivity index is 1.36.